The molecule has 7 nitrogen and oxygen atoms in total. The zero-order valence-corrected chi connectivity index (χ0v) is 12.1. The topological polar surface area (TPSA) is 97.3 Å². The lowest BCUT2D eigenvalue weighted by Gasteiger charge is -2.34. The van der Waals surface area contributed by atoms with Gasteiger partial charge in [0.1, 0.15) is 0 Å². The van der Waals surface area contributed by atoms with Crippen molar-refractivity contribution in [1.29, 1.82) is 0 Å². The first-order valence-corrected chi connectivity index (χ1v) is 7.18. The van der Waals surface area contributed by atoms with E-state index in [1.165, 1.54) is 0 Å². The van der Waals surface area contributed by atoms with Gasteiger partial charge in [-0.2, -0.15) is 0 Å². The number of aromatic nitrogens is 2. The Bertz CT molecular complexity index is 440. The van der Waals surface area contributed by atoms with E-state index in [1.54, 1.807) is 6.92 Å². The molecule has 1 aliphatic carbocycles. The molecule has 3 N–H and O–H groups in total. The molecule has 0 atom stereocenters. The highest BCUT2D eigenvalue weighted by molar-refractivity contribution is 5.90. The second-order valence-electron chi connectivity index (χ2n) is 5.31. The highest BCUT2D eigenvalue weighted by atomic mass is 16.4. The Hall–Kier alpha value is -1.47. The molecule has 112 valence electrons. The number of carbonyl (C=O) groups is 1. The standard InChI is InChI=1S/C13H23N5O2/c1-3-18(11-6-4-10(14)5-7-11)8-12(19)15-13-17-16-9(2)20-13/h10-11H,3-8,14H2,1-2H3,(H,15,17,19). The van der Waals surface area contributed by atoms with Crippen LogP contribution in [0.15, 0.2) is 4.42 Å². The van der Waals surface area contributed by atoms with Crippen LogP contribution in [0, 0.1) is 6.92 Å². The Morgan fingerprint density at radius 3 is 2.65 bits per heavy atom. The molecule has 0 aliphatic heterocycles. The number of nitrogens with two attached hydrogens (primary N) is 1. The van der Waals surface area contributed by atoms with Gasteiger partial charge >= 0.3 is 6.01 Å². The van der Waals surface area contributed by atoms with E-state index < -0.39 is 0 Å². The molecule has 1 amide bonds. The van der Waals surface area contributed by atoms with Gasteiger partial charge in [-0.15, -0.1) is 5.10 Å². The van der Waals surface area contributed by atoms with Crippen molar-refractivity contribution in [2.45, 2.75) is 51.6 Å². The van der Waals surface area contributed by atoms with E-state index in [0.717, 1.165) is 32.2 Å². The fraction of sp³-hybridized carbons (Fsp3) is 0.769. The average molecular weight is 281 g/mol. The summed E-state index contributed by atoms with van der Waals surface area (Å²) >= 11 is 0. The van der Waals surface area contributed by atoms with E-state index in [0.29, 0.717) is 24.5 Å². The molecule has 0 spiro atoms. The maximum absolute atomic E-state index is 12.0. The number of carbonyl (C=O) groups excluding carboxylic acids is 1. The first kappa shape index (κ1) is 14.9. The quantitative estimate of drug-likeness (QED) is 0.832. The van der Waals surface area contributed by atoms with Crippen molar-refractivity contribution in [2.75, 3.05) is 18.4 Å². The van der Waals surface area contributed by atoms with Crippen molar-refractivity contribution in [3.8, 4) is 0 Å². The largest absolute Gasteiger partial charge is 0.408 e. The molecule has 0 bridgehead atoms. The van der Waals surface area contributed by atoms with Crippen molar-refractivity contribution in [3.05, 3.63) is 5.89 Å². The molecule has 1 aliphatic rings. The van der Waals surface area contributed by atoms with Gasteiger partial charge in [-0.25, -0.2) is 0 Å². The molecular weight excluding hydrogens is 258 g/mol. The van der Waals surface area contributed by atoms with Gasteiger partial charge in [0, 0.05) is 19.0 Å². The molecule has 1 heterocycles. The molecule has 1 fully saturated rings. The third-order valence-corrected chi connectivity index (χ3v) is 3.78. The summed E-state index contributed by atoms with van der Waals surface area (Å²) in [5.41, 5.74) is 5.92. The molecule has 1 aromatic rings. The van der Waals surface area contributed by atoms with Crippen molar-refractivity contribution >= 4 is 11.9 Å². The smallest absolute Gasteiger partial charge is 0.322 e. The van der Waals surface area contributed by atoms with Crippen LogP contribution in [0.4, 0.5) is 6.01 Å². The van der Waals surface area contributed by atoms with Gasteiger partial charge in [0.2, 0.25) is 11.8 Å². The lowest BCUT2D eigenvalue weighted by atomic mass is 9.91. The lowest BCUT2D eigenvalue weighted by Crippen LogP contribution is -2.44. The van der Waals surface area contributed by atoms with Crippen LogP contribution >= 0.6 is 0 Å². The number of nitrogens with zero attached hydrogens (tertiary/aromatic N) is 3. The molecule has 7 heteroatoms. The number of hydrogen-bond acceptors (Lipinski definition) is 6. The predicted molar refractivity (Wildman–Crippen MR) is 75.1 cm³/mol. The van der Waals surface area contributed by atoms with E-state index in [-0.39, 0.29) is 11.9 Å². The van der Waals surface area contributed by atoms with Crippen LogP contribution in [0.3, 0.4) is 0 Å². The SMILES string of the molecule is CCN(CC(=O)Nc1nnc(C)o1)C1CCC(N)CC1. The number of nitrogens with one attached hydrogen (secondary N) is 1. The van der Waals surface area contributed by atoms with Crippen molar-refractivity contribution in [1.82, 2.24) is 15.1 Å². The van der Waals surface area contributed by atoms with E-state index >= 15 is 0 Å². The third kappa shape index (κ3) is 4.01. The highest BCUT2D eigenvalue weighted by Gasteiger charge is 2.25. The number of aryl methyl sites for hydroxylation is 1. The van der Waals surface area contributed by atoms with Gasteiger partial charge in [0.05, 0.1) is 6.54 Å². The normalized spacial score (nSPS) is 23.0. The summed E-state index contributed by atoms with van der Waals surface area (Å²) in [7, 11) is 0. The Balaban J connectivity index is 1.84. The summed E-state index contributed by atoms with van der Waals surface area (Å²) < 4.78 is 5.14. The Labute approximate surface area is 118 Å². The monoisotopic (exact) mass is 281 g/mol. The van der Waals surface area contributed by atoms with Crippen molar-refractivity contribution < 1.29 is 9.21 Å². The van der Waals surface area contributed by atoms with Gasteiger partial charge in [0.25, 0.3) is 0 Å². The maximum atomic E-state index is 12.0. The van der Waals surface area contributed by atoms with Gasteiger partial charge in [-0.1, -0.05) is 12.0 Å². The third-order valence-electron chi connectivity index (χ3n) is 3.78. The van der Waals surface area contributed by atoms with Gasteiger partial charge < -0.3 is 10.2 Å². The first-order valence-electron chi connectivity index (χ1n) is 7.18. The Morgan fingerprint density at radius 1 is 1.40 bits per heavy atom. The predicted octanol–water partition coefficient (Wildman–Crippen LogP) is 0.908. The first-order chi connectivity index (χ1) is 9.58. The van der Waals surface area contributed by atoms with Gasteiger partial charge in [0.15, 0.2) is 0 Å². The number of amides is 1. The number of anilines is 1. The molecule has 0 unspecified atom stereocenters. The summed E-state index contributed by atoms with van der Waals surface area (Å²) in [5, 5.41) is 10.1. The summed E-state index contributed by atoms with van der Waals surface area (Å²) in [6.45, 7) is 4.94. The minimum atomic E-state index is -0.120. The molecular formula is C13H23N5O2. The van der Waals surface area contributed by atoms with Crippen LogP contribution in [-0.4, -0.2) is 46.2 Å². The second-order valence-corrected chi connectivity index (χ2v) is 5.31. The summed E-state index contributed by atoms with van der Waals surface area (Å²) in [5.74, 6) is 0.319. The minimum Gasteiger partial charge on any atom is -0.408 e. The number of rotatable bonds is 5. The van der Waals surface area contributed by atoms with E-state index in [2.05, 4.69) is 27.3 Å². The minimum absolute atomic E-state index is 0.120. The zero-order chi connectivity index (χ0) is 14.5. The fourth-order valence-corrected chi connectivity index (χ4v) is 2.66. The van der Waals surface area contributed by atoms with Crippen LogP contribution in [0.5, 0.6) is 0 Å². The molecule has 1 saturated carbocycles. The Morgan fingerprint density at radius 2 is 2.10 bits per heavy atom. The average Bonchev–Trinajstić information content (AvgIpc) is 2.82. The number of likely N-dealkylation sites (N-methyl/N-ethyl adjacent to an activating group) is 1. The van der Waals surface area contributed by atoms with Crippen LogP contribution in [0.1, 0.15) is 38.5 Å². The van der Waals surface area contributed by atoms with Crippen LogP contribution in [0.25, 0.3) is 0 Å². The Kier molecular flexibility index (Phi) is 5.08. The summed E-state index contributed by atoms with van der Waals surface area (Å²) in [6, 6.07) is 0.921. The summed E-state index contributed by atoms with van der Waals surface area (Å²) in [6.07, 6.45) is 4.18. The van der Waals surface area contributed by atoms with Crippen LogP contribution in [0.2, 0.25) is 0 Å². The van der Waals surface area contributed by atoms with Gasteiger partial charge in [-0.3, -0.25) is 15.0 Å². The molecule has 20 heavy (non-hydrogen) atoms. The molecule has 2 rings (SSSR count). The maximum Gasteiger partial charge on any atom is 0.322 e. The number of hydrogen-bond donors (Lipinski definition) is 2. The van der Waals surface area contributed by atoms with Crippen LogP contribution < -0.4 is 11.1 Å². The lowest BCUT2D eigenvalue weighted by molar-refractivity contribution is -0.118. The van der Waals surface area contributed by atoms with E-state index in [9.17, 15) is 4.79 Å². The molecule has 0 radical (unpaired) electrons. The molecule has 0 aromatic carbocycles. The van der Waals surface area contributed by atoms with Gasteiger partial charge in [-0.05, 0) is 32.2 Å². The fourth-order valence-electron chi connectivity index (χ4n) is 2.66. The molecule has 0 saturated heterocycles. The van der Waals surface area contributed by atoms with Crippen molar-refractivity contribution in [3.63, 3.8) is 0 Å². The van der Waals surface area contributed by atoms with Crippen LogP contribution in [-0.2, 0) is 4.79 Å². The summed E-state index contributed by atoms with van der Waals surface area (Å²) in [4.78, 5) is 14.2. The highest BCUT2D eigenvalue weighted by Crippen LogP contribution is 2.21. The molecule has 1 aromatic heterocycles. The zero-order valence-electron chi connectivity index (χ0n) is 12.1. The van der Waals surface area contributed by atoms with E-state index in [4.69, 9.17) is 10.2 Å². The second kappa shape index (κ2) is 6.81. The van der Waals surface area contributed by atoms with Crippen molar-refractivity contribution in [2.24, 2.45) is 5.73 Å². The van der Waals surface area contributed by atoms with E-state index in [1.807, 2.05) is 0 Å².